The normalized spacial score (nSPS) is 30.4. The average Bonchev–Trinajstić information content (AvgIpc) is 3.02. The number of likely N-dealkylation sites (tertiary alicyclic amines) is 1. The van der Waals surface area contributed by atoms with Crippen molar-refractivity contribution in [3.63, 3.8) is 0 Å². The van der Waals surface area contributed by atoms with Crippen LogP contribution in [0.1, 0.15) is 43.0 Å². The fourth-order valence-electron chi connectivity index (χ4n) is 2.73. The van der Waals surface area contributed by atoms with Crippen LogP contribution in [0.25, 0.3) is 0 Å². The second kappa shape index (κ2) is 4.42. The van der Waals surface area contributed by atoms with Crippen LogP contribution in [0.5, 0.6) is 0 Å². The van der Waals surface area contributed by atoms with Gasteiger partial charge in [-0.3, -0.25) is 4.79 Å². The fraction of sp³-hybridized carbons (Fsp3) is 0.615. The van der Waals surface area contributed by atoms with E-state index >= 15 is 0 Å². The van der Waals surface area contributed by atoms with E-state index in [0.717, 1.165) is 25.7 Å². The van der Waals surface area contributed by atoms with Gasteiger partial charge in [0.1, 0.15) is 0 Å². The molecule has 0 radical (unpaired) electrons. The number of carbonyl (C=O) groups is 1. The van der Waals surface area contributed by atoms with Gasteiger partial charge in [-0.25, -0.2) is 0 Å². The fourth-order valence-corrected chi connectivity index (χ4v) is 3.63. The molecule has 1 aromatic rings. The van der Waals surface area contributed by atoms with E-state index in [1.54, 1.807) is 11.3 Å². The van der Waals surface area contributed by atoms with Crippen LogP contribution in [0.4, 0.5) is 0 Å². The molecule has 0 aromatic carbocycles. The summed E-state index contributed by atoms with van der Waals surface area (Å²) in [5.74, 6) is 0.304. The van der Waals surface area contributed by atoms with Crippen LogP contribution in [0.3, 0.4) is 0 Å². The average molecular weight is 250 g/mol. The molecule has 1 aliphatic heterocycles. The highest BCUT2D eigenvalue weighted by atomic mass is 32.1. The van der Waals surface area contributed by atoms with Crippen LogP contribution in [0.15, 0.2) is 17.5 Å². The zero-order valence-electron chi connectivity index (χ0n) is 9.84. The van der Waals surface area contributed by atoms with E-state index < -0.39 is 0 Å². The summed E-state index contributed by atoms with van der Waals surface area (Å²) >= 11 is 1.72. The van der Waals surface area contributed by atoms with Crippen LogP contribution >= 0.6 is 11.3 Å². The molecule has 2 heterocycles. The predicted molar refractivity (Wildman–Crippen MR) is 68.8 cm³/mol. The first kappa shape index (κ1) is 11.2. The lowest BCUT2D eigenvalue weighted by atomic mass is 10.0. The van der Waals surface area contributed by atoms with E-state index in [1.165, 1.54) is 4.88 Å². The van der Waals surface area contributed by atoms with Gasteiger partial charge in [-0.1, -0.05) is 6.07 Å². The van der Waals surface area contributed by atoms with Crippen molar-refractivity contribution in [2.24, 2.45) is 5.73 Å². The molecule has 2 N–H and O–H groups in total. The Labute approximate surface area is 106 Å². The Kier molecular flexibility index (Phi) is 2.92. The molecule has 3 rings (SSSR count). The van der Waals surface area contributed by atoms with Gasteiger partial charge in [-0.2, -0.15) is 0 Å². The molecule has 1 amide bonds. The summed E-state index contributed by atoms with van der Waals surface area (Å²) in [4.78, 5) is 15.6. The molecular weight excluding hydrogens is 232 g/mol. The molecule has 1 aromatic heterocycles. The van der Waals surface area contributed by atoms with Gasteiger partial charge in [0.25, 0.3) is 0 Å². The van der Waals surface area contributed by atoms with E-state index in [9.17, 15) is 4.79 Å². The second-order valence-corrected chi connectivity index (χ2v) is 6.03. The van der Waals surface area contributed by atoms with E-state index in [-0.39, 0.29) is 12.1 Å². The standard InChI is InChI=1S/C13H18N2OS/c14-10-3-1-5-12(16)15(9-6-7-9)13(10)11-4-2-8-17-11/h2,4,8-10,13H,1,3,5-7,14H2. The summed E-state index contributed by atoms with van der Waals surface area (Å²) in [5, 5.41) is 2.07. The molecule has 2 fully saturated rings. The van der Waals surface area contributed by atoms with Crippen molar-refractivity contribution in [1.82, 2.24) is 4.90 Å². The number of thiophene rings is 1. The van der Waals surface area contributed by atoms with Gasteiger partial charge in [0.15, 0.2) is 0 Å². The predicted octanol–water partition coefficient (Wildman–Crippen LogP) is 2.29. The first-order chi connectivity index (χ1) is 8.27. The zero-order valence-corrected chi connectivity index (χ0v) is 10.7. The van der Waals surface area contributed by atoms with Crippen LogP contribution in [0, 0.1) is 0 Å². The molecule has 17 heavy (non-hydrogen) atoms. The Morgan fingerprint density at radius 2 is 2.18 bits per heavy atom. The smallest absolute Gasteiger partial charge is 0.223 e. The van der Waals surface area contributed by atoms with Crippen molar-refractivity contribution in [2.45, 2.75) is 50.2 Å². The third kappa shape index (κ3) is 2.11. The zero-order chi connectivity index (χ0) is 11.8. The summed E-state index contributed by atoms with van der Waals surface area (Å²) in [7, 11) is 0. The number of amides is 1. The van der Waals surface area contributed by atoms with Crippen LogP contribution in [0.2, 0.25) is 0 Å². The van der Waals surface area contributed by atoms with Gasteiger partial charge in [0.2, 0.25) is 5.91 Å². The molecule has 1 aliphatic carbocycles. The van der Waals surface area contributed by atoms with Crippen molar-refractivity contribution >= 4 is 17.2 Å². The lowest BCUT2D eigenvalue weighted by Gasteiger charge is -2.33. The molecule has 2 atom stereocenters. The van der Waals surface area contributed by atoms with Crippen molar-refractivity contribution in [3.05, 3.63) is 22.4 Å². The Hall–Kier alpha value is -0.870. The number of nitrogens with two attached hydrogens (primary N) is 1. The third-order valence-electron chi connectivity index (χ3n) is 3.70. The maximum atomic E-state index is 12.2. The Bertz CT molecular complexity index is 400. The molecule has 1 saturated heterocycles. The topological polar surface area (TPSA) is 46.3 Å². The SMILES string of the molecule is NC1CCCC(=O)N(C2CC2)C1c1cccs1. The van der Waals surface area contributed by atoms with Gasteiger partial charge in [-0.15, -0.1) is 11.3 Å². The molecular formula is C13H18N2OS. The largest absolute Gasteiger partial charge is 0.330 e. The highest BCUT2D eigenvalue weighted by molar-refractivity contribution is 7.10. The van der Waals surface area contributed by atoms with Crippen LogP contribution in [-0.4, -0.2) is 22.9 Å². The van der Waals surface area contributed by atoms with Crippen molar-refractivity contribution < 1.29 is 4.79 Å². The molecule has 4 heteroatoms. The summed E-state index contributed by atoms with van der Waals surface area (Å²) in [5.41, 5.74) is 6.30. The lowest BCUT2D eigenvalue weighted by Crippen LogP contribution is -2.43. The molecule has 2 aliphatic rings. The molecule has 0 spiro atoms. The molecule has 0 bridgehead atoms. The molecule has 92 valence electrons. The Morgan fingerprint density at radius 3 is 2.82 bits per heavy atom. The van der Waals surface area contributed by atoms with Crippen LogP contribution in [-0.2, 0) is 4.79 Å². The maximum Gasteiger partial charge on any atom is 0.223 e. The van der Waals surface area contributed by atoms with Crippen molar-refractivity contribution in [1.29, 1.82) is 0 Å². The number of rotatable bonds is 2. The summed E-state index contributed by atoms with van der Waals surface area (Å²) in [6, 6.07) is 4.84. The Morgan fingerprint density at radius 1 is 1.35 bits per heavy atom. The molecule has 2 unspecified atom stereocenters. The summed E-state index contributed by atoms with van der Waals surface area (Å²) in [6.07, 6.45) is 4.87. The first-order valence-corrected chi connectivity index (χ1v) is 7.25. The third-order valence-corrected chi connectivity index (χ3v) is 4.64. The summed E-state index contributed by atoms with van der Waals surface area (Å²) in [6.45, 7) is 0. The highest BCUT2D eigenvalue weighted by Crippen LogP contribution is 2.40. The minimum atomic E-state index is 0.0979. The number of carbonyl (C=O) groups excluding carboxylic acids is 1. The van der Waals surface area contributed by atoms with E-state index in [1.807, 2.05) is 6.07 Å². The first-order valence-electron chi connectivity index (χ1n) is 6.37. The maximum absolute atomic E-state index is 12.2. The summed E-state index contributed by atoms with van der Waals surface area (Å²) < 4.78 is 0. The van der Waals surface area contributed by atoms with Crippen LogP contribution < -0.4 is 5.73 Å². The van der Waals surface area contributed by atoms with Crippen molar-refractivity contribution in [2.75, 3.05) is 0 Å². The van der Waals surface area contributed by atoms with E-state index in [2.05, 4.69) is 16.3 Å². The van der Waals surface area contributed by atoms with E-state index in [0.29, 0.717) is 18.4 Å². The molecule has 1 saturated carbocycles. The van der Waals surface area contributed by atoms with Gasteiger partial charge in [0.05, 0.1) is 6.04 Å². The van der Waals surface area contributed by atoms with Gasteiger partial charge in [-0.05, 0) is 37.1 Å². The van der Waals surface area contributed by atoms with Gasteiger partial charge < -0.3 is 10.6 Å². The number of hydrogen-bond donors (Lipinski definition) is 1. The van der Waals surface area contributed by atoms with Gasteiger partial charge in [0, 0.05) is 23.4 Å². The molecule has 3 nitrogen and oxygen atoms in total. The van der Waals surface area contributed by atoms with Crippen molar-refractivity contribution in [3.8, 4) is 0 Å². The monoisotopic (exact) mass is 250 g/mol. The Balaban J connectivity index is 1.95. The second-order valence-electron chi connectivity index (χ2n) is 5.05. The minimum absolute atomic E-state index is 0.0979. The minimum Gasteiger partial charge on any atom is -0.330 e. The quantitative estimate of drug-likeness (QED) is 0.875. The number of hydrogen-bond acceptors (Lipinski definition) is 3. The van der Waals surface area contributed by atoms with Gasteiger partial charge >= 0.3 is 0 Å². The van der Waals surface area contributed by atoms with E-state index in [4.69, 9.17) is 5.73 Å². The number of nitrogens with zero attached hydrogens (tertiary/aromatic N) is 1. The lowest BCUT2D eigenvalue weighted by molar-refractivity contribution is -0.133. The highest BCUT2D eigenvalue weighted by Gasteiger charge is 2.41.